The van der Waals surface area contributed by atoms with Crippen molar-refractivity contribution in [2.45, 2.75) is 26.4 Å². The number of carbonyl (C=O) groups excluding carboxylic acids is 1. The van der Waals surface area contributed by atoms with Crippen molar-refractivity contribution in [3.8, 4) is 6.07 Å². The smallest absolute Gasteiger partial charge is 0.359 e. The molecule has 116 valence electrons. The third-order valence-electron chi connectivity index (χ3n) is 3.59. The molecule has 0 atom stereocenters. The zero-order valence-electron chi connectivity index (χ0n) is 12.7. The minimum atomic E-state index is -0.497. The Morgan fingerprint density at radius 1 is 1.48 bits per heavy atom. The number of aryl methyl sites for hydroxylation is 1. The molecule has 6 nitrogen and oxygen atoms in total. The lowest BCUT2D eigenvalue weighted by Crippen LogP contribution is -2.06. The van der Waals surface area contributed by atoms with Gasteiger partial charge >= 0.3 is 5.97 Å². The summed E-state index contributed by atoms with van der Waals surface area (Å²) in [6.07, 6.45) is 5.46. The van der Waals surface area contributed by atoms with Crippen LogP contribution >= 0.6 is 0 Å². The van der Waals surface area contributed by atoms with E-state index in [2.05, 4.69) is 23.2 Å². The molecule has 0 spiro atoms. The van der Waals surface area contributed by atoms with Crippen LogP contribution in [0.5, 0.6) is 0 Å². The summed E-state index contributed by atoms with van der Waals surface area (Å²) >= 11 is 0. The van der Waals surface area contributed by atoms with Gasteiger partial charge in [0.15, 0.2) is 5.69 Å². The van der Waals surface area contributed by atoms with Crippen LogP contribution in [0.1, 0.15) is 40.7 Å². The minimum Gasteiger partial charge on any atom is -0.456 e. The summed E-state index contributed by atoms with van der Waals surface area (Å²) in [5.74, 6) is -0.497. The highest BCUT2D eigenvalue weighted by Gasteiger charge is 2.15. The first-order valence-electron chi connectivity index (χ1n) is 7.43. The van der Waals surface area contributed by atoms with Crippen LogP contribution in [0.3, 0.4) is 0 Å². The van der Waals surface area contributed by atoms with Crippen molar-refractivity contribution in [3.63, 3.8) is 0 Å². The molecule has 0 aromatic carbocycles. The molecule has 6 heteroatoms. The molecule has 0 unspecified atom stereocenters. The second-order valence-corrected chi connectivity index (χ2v) is 5.24. The van der Waals surface area contributed by atoms with Gasteiger partial charge in [0, 0.05) is 23.7 Å². The van der Waals surface area contributed by atoms with Crippen molar-refractivity contribution >= 4 is 11.5 Å². The Morgan fingerprint density at radius 2 is 2.35 bits per heavy atom. The van der Waals surface area contributed by atoms with Gasteiger partial charge in [-0.25, -0.2) is 4.79 Å². The molecule has 1 N–H and O–H groups in total. The number of aromatic amines is 1. The van der Waals surface area contributed by atoms with E-state index in [0.717, 1.165) is 24.1 Å². The van der Waals surface area contributed by atoms with Gasteiger partial charge in [0.2, 0.25) is 0 Å². The topological polar surface area (TPSA) is 83.2 Å². The van der Waals surface area contributed by atoms with Gasteiger partial charge in [-0.15, -0.1) is 0 Å². The largest absolute Gasteiger partial charge is 0.456 e. The molecule has 0 saturated heterocycles. The van der Waals surface area contributed by atoms with Crippen molar-refractivity contribution in [2.75, 3.05) is 0 Å². The molecule has 3 aromatic rings. The molecule has 3 aromatic heterocycles. The number of hydrogen-bond donors (Lipinski definition) is 1. The number of nitrogens with zero attached hydrogens (tertiary/aromatic N) is 3. The van der Waals surface area contributed by atoms with E-state index in [1.807, 2.05) is 28.8 Å². The Hall–Kier alpha value is -3.07. The minimum absolute atomic E-state index is 0.0410. The van der Waals surface area contributed by atoms with Crippen LogP contribution in [0.2, 0.25) is 0 Å². The van der Waals surface area contributed by atoms with Gasteiger partial charge in [0.1, 0.15) is 12.7 Å². The van der Waals surface area contributed by atoms with Crippen LogP contribution in [-0.4, -0.2) is 20.6 Å². The van der Waals surface area contributed by atoms with Crippen molar-refractivity contribution in [3.05, 3.63) is 59.2 Å². The van der Waals surface area contributed by atoms with Crippen molar-refractivity contribution in [1.82, 2.24) is 14.6 Å². The normalized spacial score (nSPS) is 10.6. The number of rotatable bonds is 5. The predicted octanol–water partition coefficient (Wildman–Crippen LogP) is 2.84. The van der Waals surface area contributed by atoms with E-state index >= 15 is 0 Å². The third-order valence-corrected chi connectivity index (χ3v) is 3.59. The van der Waals surface area contributed by atoms with E-state index in [-0.39, 0.29) is 12.3 Å². The standard InChI is InChI=1S/C17H16N4O2/c1-2-5-13-8-15(20-19-13)17(22)23-11-12-10-21-7-4-3-6-16(21)14(12)9-18/h3-4,6-8,10H,2,5,11H2,1H3,(H,19,20). The maximum atomic E-state index is 12.1. The number of hydrogen-bond acceptors (Lipinski definition) is 4. The first-order valence-corrected chi connectivity index (χ1v) is 7.43. The van der Waals surface area contributed by atoms with E-state index in [9.17, 15) is 10.1 Å². The van der Waals surface area contributed by atoms with Crippen LogP contribution in [0.15, 0.2) is 36.7 Å². The van der Waals surface area contributed by atoms with Crippen LogP contribution in [0.25, 0.3) is 5.52 Å². The first kappa shape index (κ1) is 14.9. The Bertz CT molecular complexity index is 886. The fourth-order valence-corrected chi connectivity index (χ4v) is 2.50. The lowest BCUT2D eigenvalue weighted by molar-refractivity contribution is 0.0465. The van der Waals surface area contributed by atoms with E-state index in [4.69, 9.17) is 4.74 Å². The van der Waals surface area contributed by atoms with E-state index < -0.39 is 5.97 Å². The molecular formula is C17H16N4O2. The SMILES string of the molecule is CCCc1cc(C(=O)OCc2cn3ccccc3c2C#N)n[nH]1. The van der Waals surface area contributed by atoms with Crippen LogP contribution < -0.4 is 0 Å². The lowest BCUT2D eigenvalue weighted by atomic mass is 10.2. The Kier molecular flexibility index (Phi) is 4.11. The maximum absolute atomic E-state index is 12.1. The number of aromatic nitrogens is 3. The van der Waals surface area contributed by atoms with E-state index in [0.29, 0.717) is 11.1 Å². The summed E-state index contributed by atoms with van der Waals surface area (Å²) < 4.78 is 7.13. The van der Waals surface area contributed by atoms with Crippen molar-refractivity contribution in [2.24, 2.45) is 0 Å². The summed E-state index contributed by atoms with van der Waals surface area (Å²) in [5.41, 5.74) is 3.16. The molecule has 0 amide bonds. The Morgan fingerprint density at radius 3 is 3.13 bits per heavy atom. The highest BCUT2D eigenvalue weighted by atomic mass is 16.5. The molecule has 0 fully saturated rings. The number of nitriles is 1. The number of carbonyl (C=O) groups is 1. The van der Waals surface area contributed by atoms with Gasteiger partial charge in [-0.1, -0.05) is 19.4 Å². The summed E-state index contributed by atoms with van der Waals surface area (Å²) in [5, 5.41) is 16.1. The number of esters is 1. The summed E-state index contributed by atoms with van der Waals surface area (Å²) in [6, 6.07) is 9.47. The molecular weight excluding hydrogens is 292 g/mol. The second kappa shape index (κ2) is 6.36. The average Bonchev–Trinajstić information content (AvgIpc) is 3.16. The van der Waals surface area contributed by atoms with Crippen LogP contribution in [0.4, 0.5) is 0 Å². The molecule has 0 aliphatic rings. The van der Waals surface area contributed by atoms with Gasteiger partial charge < -0.3 is 9.14 Å². The average molecular weight is 308 g/mol. The fourth-order valence-electron chi connectivity index (χ4n) is 2.50. The van der Waals surface area contributed by atoms with Gasteiger partial charge in [-0.05, 0) is 24.6 Å². The number of nitrogens with one attached hydrogen (secondary N) is 1. The number of fused-ring (bicyclic) bond motifs is 1. The lowest BCUT2D eigenvalue weighted by Gasteiger charge is -2.01. The molecule has 3 heterocycles. The quantitative estimate of drug-likeness (QED) is 0.735. The Balaban J connectivity index is 1.75. The van der Waals surface area contributed by atoms with Gasteiger partial charge in [-0.3, -0.25) is 5.10 Å². The molecule has 0 aliphatic carbocycles. The second-order valence-electron chi connectivity index (χ2n) is 5.24. The number of pyridine rings is 1. The van der Waals surface area contributed by atoms with Gasteiger partial charge in [0.25, 0.3) is 0 Å². The zero-order chi connectivity index (χ0) is 16.2. The van der Waals surface area contributed by atoms with Crippen molar-refractivity contribution in [1.29, 1.82) is 5.26 Å². The zero-order valence-corrected chi connectivity index (χ0v) is 12.7. The first-order chi connectivity index (χ1) is 11.2. The van der Waals surface area contributed by atoms with Gasteiger partial charge in [-0.2, -0.15) is 10.4 Å². The fraction of sp³-hybridized carbons (Fsp3) is 0.235. The molecule has 0 bridgehead atoms. The molecule has 0 saturated carbocycles. The Labute approximate surface area is 133 Å². The maximum Gasteiger partial charge on any atom is 0.359 e. The predicted molar refractivity (Wildman–Crippen MR) is 83.8 cm³/mol. The number of ether oxygens (including phenoxy) is 1. The van der Waals surface area contributed by atoms with Crippen LogP contribution in [-0.2, 0) is 17.8 Å². The monoisotopic (exact) mass is 308 g/mol. The molecule has 23 heavy (non-hydrogen) atoms. The van der Waals surface area contributed by atoms with Crippen molar-refractivity contribution < 1.29 is 9.53 Å². The summed E-state index contributed by atoms with van der Waals surface area (Å²) in [6.45, 7) is 2.10. The van der Waals surface area contributed by atoms with E-state index in [1.165, 1.54) is 0 Å². The molecule has 0 aliphatic heterocycles. The van der Waals surface area contributed by atoms with Gasteiger partial charge in [0.05, 0.1) is 11.1 Å². The number of H-pyrrole nitrogens is 1. The van der Waals surface area contributed by atoms with Crippen LogP contribution in [0, 0.1) is 11.3 Å². The molecule has 0 radical (unpaired) electrons. The third kappa shape index (κ3) is 2.94. The van der Waals surface area contributed by atoms with E-state index in [1.54, 1.807) is 12.3 Å². The summed E-state index contributed by atoms with van der Waals surface area (Å²) in [4.78, 5) is 12.1. The molecule has 3 rings (SSSR count). The summed E-state index contributed by atoms with van der Waals surface area (Å²) in [7, 11) is 0. The highest BCUT2D eigenvalue weighted by Crippen LogP contribution is 2.19. The highest BCUT2D eigenvalue weighted by molar-refractivity contribution is 5.87.